The van der Waals surface area contributed by atoms with Crippen LogP contribution in [0, 0.1) is 0 Å². The molecular weight excluding hydrogens is 282 g/mol. The zero-order valence-corrected chi connectivity index (χ0v) is 12.3. The van der Waals surface area contributed by atoms with E-state index < -0.39 is 0 Å². The summed E-state index contributed by atoms with van der Waals surface area (Å²) in [4.78, 5) is 28.1. The molecule has 1 fully saturated rings. The third-order valence-corrected chi connectivity index (χ3v) is 3.82. The van der Waals surface area contributed by atoms with E-state index in [1.165, 1.54) is 0 Å². The third-order valence-electron chi connectivity index (χ3n) is 3.82. The van der Waals surface area contributed by atoms with Gasteiger partial charge in [0, 0.05) is 19.6 Å². The van der Waals surface area contributed by atoms with E-state index >= 15 is 0 Å². The first-order valence-corrected chi connectivity index (χ1v) is 7.21. The highest BCUT2D eigenvalue weighted by atomic mass is 16.2. The normalized spacial score (nSPS) is 15.2. The predicted molar refractivity (Wildman–Crippen MR) is 79.5 cm³/mol. The molecule has 1 aliphatic heterocycles. The van der Waals surface area contributed by atoms with Gasteiger partial charge in [-0.15, -0.1) is 10.2 Å². The van der Waals surface area contributed by atoms with E-state index in [4.69, 9.17) is 0 Å². The summed E-state index contributed by atoms with van der Waals surface area (Å²) in [5, 5.41) is 7.54. The average Bonchev–Trinajstić information content (AvgIpc) is 3.08. The molecule has 7 nitrogen and oxygen atoms in total. The van der Waals surface area contributed by atoms with Gasteiger partial charge >= 0.3 is 0 Å². The Kier molecular flexibility index (Phi) is 3.86. The van der Waals surface area contributed by atoms with Gasteiger partial charge in [-0.25, -0.2) is 0 Å². The zero-order chi connectivity index (χ0) is 15.5. The number of nitrogens with zero attached hydrogens (tertiary/aromatic N) is 5. The van der Waals surface area contributed by atoms with Crippen molar-refractivity contribution in [2.24, 2.45) is 0 Å². The van der Waals surface area contributed by atoms with Crippen LogP contribution in [0.4, 0.5) is 0 Å². The van der Waals surface area contributed by atoms with Gasteiger partial charge in [0.1, 0.15) is 19.2 Å². The van der Waals surface area contributed by atoms with Gasteiger partial charge in [0.25, 0.3) is 5.91 Å². The van der Waals surface area contributed by atoms with E-state index in [9.17, 15) is 9.59 Å². The maximum atomic E-state index is 12.8. The van der Waals surface area contributed by atoms with Gasteiger partial charge in [-0.05, 0) is 19.1 Å². The summed E-state index contributed by atoms with van der Waals surface area (Å²) in [6.45, 7) is 3.88. The molecule has 7 heteroatoms. The van der Waals surface area contributed by atoms with Crippen LogP contribution in [-0.4, -0.2) is 62.6 Å². The van der Waals surface area contributed by atoms with Crippen molar-refractivity contribution < 1.29 is 9.59 Å². The smallest absolute Gasteiger partial charge is 0.256 e. The molecule has 0 N–H and O–H groups in total. The number of benzene rings is 1. The van der Waals surface area contributed by atoms with Crippen molar-refractivity contribution in [3.05, 3.63) is 42.5 Å². The Hall–Kier alpha value is -2.70. The molecular formula is C15H17N5O2. The molecule has 0 spiro atoms. The minimum absolute atomic E-state index is 0.0103. The minimum atomic E-state index is -0.145. The number of hydrogen-bond donors (Lipinski definition) is 0. The molecule has 0 bridgehead atoms. The number of piperazine rings is 1. The molecule has 1 aromatic heterocycles. The molecule has 1 aromatic carbocycles. The van der Waals surface area contributed by atoms with Gasteiger partial charge < -0.3 is 9.80 Å². The first-order valence-electron chi connectivity index (χ1n) is 7.21. The minimum Gasteiger partial charge on any atom is -0.340 e. The standard InChI is InChI=1S/C15H17N5O2/c1-2-18-7-8-19(9-14(18)21)15(22)12-5-3-4-6-13(12)20-10-16-17-11-20/h3-6,10-11H,2,7-9H2,1H3. The van der Waals surface area contributed by atoms with E-state index in [1.54, 1.807) is 33.1 Å². The lowest BCUT2D eigenvalue weighted by Crippen LogP contribution is -2.52. The molecule has 1 aliphatic rings. The SMILES string of the molecule is CCN1CCN(C(=O)c2ccccc2-n2cnnc2)CC1=O. The summed E-state index contributed by atoms with van der Waals surface area (Å²) in [6.07, 6.45) is 3.10. The Bertz CT molecular complexity index is 683. The highest BCUT2D eigenvalue weighted by molar-refractivity contribution is 6.00. The van der Waals surface area contributed by atoms with Crippen LogP contribution in [0.3, 0.4) is 0 Å². The molecule has 22 heavy (non-hydrogen) atoms. The van der Waals surface area contributed by atoms with Crippen molar-refractivity contribution in [3.63, 3.8) is 0 Å². The number of amides is 2. The number of likely N-dealkylation sites (N-methyl/N-ethyl adjacent to an activating group) is 1. The second-order valence-electron chi connectivity index (χ2n) is 5.09. The Morgan fingerprint density at radius 3 is 2.59 bits per heavy atom. The van der Waals surface area contributed by atoms with Crippen LogP contribution < -0.4 is 0 Å². The molecule has 1 saturated heterocycles. The molecule has 114 valence electrons. The van der Waals surface area contributed by atoms with Crippen molar-refractivity contribution in [3.8, 4) is 5.69 Å². The maximum absolute atomic E-state index is 12.8. The second-order valence-corrected chi connectivity index (χ2v) is 5.09. The Balaban J connectivity index is 1.86. The Morgan fingerprint density at radius 2 is 1.91 bits per heavy atom. The summed E-state index contributed by atoms with van der Waals surface area (Å²) in [5.74, 6) is -0.155. The van der Waals surface area contributed by atoms with Crippen LogP contribution in [-0.2, 0) is 4.79 Å². The van der Waals surface area contributed by atoms with Gasteiger partial charge in [0.05, 0.1) is 11.3 Å². The number of rotatable bonds is 3. The zero-order valence-electron chi connectivity index (χ0n) is 12.3. The van der Waals surface area contributed by atoms with Gasteiger partial charge in [-0.1, -0.05) is 12.1 Å². The monoisotopic (exact) mass is 299 g/mol. The molecule has 2 heterocycles. The van der Waals surface area contributed by atoms with Gasteiger partial charge in [0.2, 0.25) is 5.91 Å². The largest absolute Gasteiger partial charge is 0.340 e. The fourth-order valence-corrected chi connectivity index (χ4v) is 2.59. The van der Waals surface area contributed by atoms with Gasteiger partial charge in [0.15, 0.2) is 0 Å². The van der Waals surface area contributed by atoms with Crippen molar-refractivity contribution in [1.82, 2.24) is 24.6 Å². The van der Waals surface area contributed by atoms with E-state index in [1.807, 2.05) is 25.1 Å². The number of aromatic nitrogens is 3. The number of carbonyl (C=O) groups is 2. The van der Waals surface area contributed by atoms with Gasteiger partial charge in [-0.2, -0.15) is 0 Å². The molecule has 0 aliphatic carbocycles. The van der Waals surface area contributed by atoms with Crippen molar-refractivity contribution in [2.45, 2.75) is 6.92 Å². The van der Waals surface area contributed by atoms with E-state index in [0.29, 0.717) is 30.9 Å². The van der Waals surface area contributed by atoms with Crippen LogP contribution in [0.15, 0.2) is 36.9 Å². The third kappa shape index (κ3) is 2.57. The molecule has 0 unspecified atom stereocenters. The first-order chi connectivity index (χ1) is 10.7. The summed E-state index contributed by atoms with van der Waals surface area (Å²) < 4.78 is 1.69. The molecule has 2 aromatic rings. The van der Waals surface area contributed by atoms with Crippen molar-refractivity contribution in [2.75, 3.05) is 26.2 Å². The van der Waals surface area contributed by atoms with Crippen LogP contribution >= 0.6 is 0 Å². The summed E-state index contributed by atoms with van der Waals surface area (Å²) >= 11 is 0. The second kappa shape index (κ2) is 5.97. The quantitative estimate of drug-likeness (QED) is 0.831. The van der Waals surface area contributed by atoms with E-state index in [2.05, 4.69) is 10.2 Å². The van der Waals surface area contributed by atoms with Crippen LogP contribution in [0.2, 0.25) is 0 Å². The van der Waals surface area contributed by atoms with E-state index in [-0.39, 0.29) is 18.4 Å². The highest BCUT2D eigenvalue weighted by Gasteiger charge is 2.28. The summed E-state index contributed by atoms with van der Waals surface area (Å²) in [7, 11) is 0. The molecule has 3 rings (SSSR count). The highest BCUT2D eigenvalue weighted by Crippen LogP contribution is 2.17. The van der Waals surface area contributed by atoms with Crippen LogP contribution in [0.5, 0.6) is 0 Å². The van der Waals surface area contributed by atoms with Crippen molar-refractivity contribution in [1.29, 1.82) is 0 Å². The van der Waals surface area contributed by atoms with E-state index in [0.717, 1.165) is 0 Å². The fourth-order valence-electron chi connectivity index (χ4n) is 2.59. The number of carbonyl (C=O) groups excluding carboxylic acids is 2. The maximum Gasteiger partial charge on any atom is 0.256 e. The van der Waals surface area contributed by atoms with Gasteiger partial charge in [-0.3, -0.25) is 14.2 Å². The average molecular weight is 299 g/mol. The lowest BCUT2D eigenvalue weighted by atomic mass is 10.1. The molecule has 0 radical (unpaired) electrons. The number of hydrogen-bond acceptors (Lipinski definition) is 4. The molecule has 0 atom stereocenters. The summed E-state index contributed by atoms with van der Waals surface area (Å²) in [6, 6.07) is 7.26. The fraction of sp³-hybridized carbons (Fsp3) is 0.333. The molecule has 0 saturated carbocycles. The number of para-hydroxylation sites is 1. The van der Waals surface area contributed by atoms with Crippen molar-refractivity contribution >= 4 is 11.8 Å². The Labute approximate surface area is 128 Å². The lowest BCUT2D eigenvalue weighted by molar-refractivity contribution is -0.134. The van der Waals surface area contributed by atoms with Crippen LogP contribution in [0.1, 0.15) is 17.3 Å². The Morgan fingerprint density at radius 1 is 1.18 bits per heavy atom. The summed E-state index contributed by atoms with van der Waals surface area (Å²) in [5.41, 5.74) is 1.25. The predicted octanol–water partition coefficient (Wildman–Crippen LogP) is 0.572. The topological polar surface area (TPSA) is 71.3 Å². The van der Waals surface area contributed by atoms with Crippen LogP contribution in [0.25, 0.3) is 5.69 Å². The first kappa shape index (κ1) is 14.2. The molecule has 2 amide bonds. The lowest BCUT2D eigenvalue weighted by Gasteiger charge is -2.34.